The van der Waals surface area contributed by atoms with E-state index in [-0.39, 0.29) is 25.7 Å². The molecule has 1 fully saturated rings. The maximum atomic E-state index is 11.9. The second-order valence-electron chi connectivity index (χ2n) is 8.97. The Labute approximate surface area is 217 Å². The summed E-state index contributed by atoms with van der Waals surface area (Å²) in [5.74, 6) is -0.241. The van der Waals surface area contributed by atoms with Crippen LogP contribution in [0.2, 0.25) is 0 Å². The van der Waals surface area contributed by atoms with E-state index < -0.39 is 24.4 Å². The number of β-amino-alcohol motifs (C(OH)–C–C–N with tert-alkyl or cyclic N) is 1. The number of carbonyl (C=O) groups excluding carboxylic acids is 1. The molecule has 0 aliphatic carbocycles. The Kier molecular flexibility index (Phi) is 18.7. The highest BCUT2D eigenvalue weighted by molar-refractivity contribution is 5.69. The van der Waals surface area contributed by atoms with Crippen molar-refractivity contribution in [3.8, 4) is 0 Å². The topological polar surface area (TPSA) is 110 Å². The molecule has 0 saturated carbocycles. The molecular formula is C29H47NO6. The molecule has 1 aliphatic rings. The van der Waals surface area contributed by atoms with E-state index >= 15 is 0 Å². The molecule has 0 radical (unpaired) electrons. The van der Waals surface area contributed by atoms with E-state index in [0.29, 0.717) is 19.4 Å². The summed E-state index contributed by atoms with van der Waals surface area (Å²) in [4.78, 5) is 13.6. The summed E-state index contributed by atoms with van der Waals surface area (Å²) in [6.45, 7) is 2.66. The molecule has 204 valence electrons. The third kappa shape index (κ3) is 14.5. The molecule has 0 aromatic rings. The van der Waals surface area contributed by atoms with Crippen molar-refractivity contribution in [1.82, 2.24) is 4.90 Å². The smallest absolute Gasteiger partial charge is 0.305 e. The van der Waals surface area contributed by atoms with Crippen molar-refractivity contribution in [3.05, 3.63) is 60.8 Å². The minimum atomic E-state index is -1.26. The fraction of sp³-hybridized carbons (Fsp3) is 0.621. The van der Waals surface area contributed by atoms with Crippen LogP contribution < -0.4 is 0 Å². The lowest BCUT2D eigenvalue weighted by atomic mass is 9.94. The number of aliphatic hydroxyl groups is 4. The molecule has 1 heterocycles. The Balaban J connectivity index is 2.03. The van der Waals surface area contributed by atoms with Gasteiger partial charge in [-0.15, -0.1) is 0 Å². The summed E-state index contributed by atoms with van der Waals surface area (Å²) in [5, 5.41) is 39.0. The van der Waals surface area contributed by atoms with Crippen LogP contribution in [0.1, 0.15) is 64.7 Å². The van der Waals surface area contributed by atoms with Gasteiger partial charge in [0.25, 0.3) is 0 Å². The lowest BCUT2D eigenvalue weighted by Gasteiger charge is -2.43. The number of hydrogen-bond acceptors (Lipinski definition) is 7. The Morgan fingerprint density at radius 3 is 1.94 bits per heavy atom. The van der Waals surface area contributed by atoms with Crippen LogP contribution in [0.25, 0.3) is 0 Å². The fourth-order valence-corrected chi connectivity index (χ4v) is 3.89. The Bertz CT molecular complexity index is 715. The molecule has 0 amide bonds. The molecule has 0 aromatic heterocycles. The molecule has 1 saturated heterocycles. The molecule has 4 N–H and O–H groups in total. The van der Waals surface area contributed by atoms with Gasteiger partial charge in [-0.3, -0.25) is 9.69 Å². The first-order chi connectivity index (χ1) is 17.5. The second kappa shape index (κ2) is 21.1. The first kappa shape index (κ1) is 32.0. The zero-order chi connectivity index (χ0) is 26.4. The minimum absolute atomic E-state index is 0.157. The quantitative estimate of drug-likeness (QED) is 0.128. The van der Waals surface area contributed by atoms with E-state index in [1.807, 2.05) is 0 Å². The molecule has 7 heteroatoms. The summed E-state index contributed by atoms with van der Waals surface area (Å²) in [6.07, 6.45) is 25.4. The maximum Gasteiger partial charge on any atom is 0.305 e. The van der Waals surface area contributed by atoms with Gasteiger partial charge in [0.2, 0.25) is 0 Å². The van der Waals surface area contributed by atoms with Gasteiger partial charge in [0.15, 0.2) is 0 Å². The average molecular weight is 506 g/mol. The van der Waals surface area contributed by atoms with Gasteiger partial charge in [-0.2, -0.15) is 0 Å². The SMILES string of the molecule is CC/C=C\C/C=C\C/C=C\C/C=C\C/C=C\CCCC(=O)OCCCN1C[C@H](O)[C@@H](O)[C@H](O)[C@H]1CO. The van der Waals surface area contributed by atoms with Gasteiger partial charge in [0.1, 0.15) is 12.2 Å². The molecular weight excluding hydrogens is 458 g/mol. The number of esters is 1. The fourth-order valence-electron chi connectivity index (χ4n) is 3.89. The normalized spacial score (nSPS) is 23.8. The van der Waals surface area contributed by atoms with Crippen molar-refractivity contribution in [2.24, 2.45) is 0 Å². The predicted molar refractivity (Wildman–Crippen MR) is 144 cm³/mol. The monoisotopic (exact) mass is 505 g/mol. The summed E-state index contributed by atoms with van der Waals surface area (Å²) in [5.41, 5.74) is 0. The van der Waals surface area contributed by atoms with E-state index in [2.05, 4.69) is 67.7 Å². The lowest BCUT2D eigenvalue weighted by Crippen LogP contribution is -2.62. The number of likely N-dealkylation sites (tertiary alicyclic amines) is 1. The summed E-state index contributed by atoms with van der Waals surface area (Å²) in [7, 11) is 0. The predicted octanol–water partition coefficient (Wildman–Crippen LogP) is 3.60. The number of nitrogens with zero attached hydrogens (tertiary/aromatic N) is 1. The van der Waals surface area contributed by atoms with Gasteiger partial charge in [0.05, 0.1) is 25.4 Å². The van der Waals surface area contributed by atoms with Gasteiger partial charge in [-0.1, -0.05) is 67.7 Å². The molecule has 4 atom stereocenters. The second-order valence-corrected chi connectivity index (χ2v) is 8.97. The number of rotatable bonds is 18. The number of ether oxygens (including phenoxy) is 1. The van der Waals surface area contributed by atoms with Gasteiger partial charge in [0, 0.05) is 19.5 Å². The van der Waals surface area contributed by atoms with E-state index in [9.17, 15) is 25.2 Å². The van der Waals surface area contributed by atoms with Gasteiger partial charge in [-0.05, 0) is 51.4 Å². The van der Waals surface area contributed by atoms with Crippen molar-refractivity contribution in [2.75, 3.05) is 26.3 Å². The zero-order valence-electron chi connectivity index (χ0n) is 21.8. The first-order valence-electron chi connectivity index (χ1n) is 13.3. The molecule has 1 aliphatic heterocycles. The van der Waals surface area contributed by atoms with Crippen LogP contribution in [0.5, 0.6) is 0 Å². The Morgan fingerprint density at radius 2 is 1.39 bits per heavy atom. The molecule has 1 rings (SSSR count). The minimum Gasteiger partial charge on any atom is -0.466 e. The highest BCUT2D eigenvalue weighted by Crippen LogP contribution is 2.19. The molecule has 0 unspecified atom stereocenters. The van der Waals surface area contributed by atoms with Crippen molar-refractivity contribution in [3.63, 3.8) is 0 Å². The van der Waals surface area contributed by atoms with Crippen LogP contribution in [-0.4, -0.2) is 82.0 Å². The van der Waals surface area contributed by atoms with E-state index in [1.165, 1.54) is 0 Å². The van der Waals surface area contributed by atoms with Crippen LogP contribution in [0.3, 0.4) is 0 Å². The van der Waals surface area contributed by atoms with Gasteiger partial charge < -0.3 is 25.2 Å². The van der Waals surface area contributed by atoms with Crippen molar-refractivity contribution in [1.29, 1.82) is 0 Å². The number of piperidine rings is 1. The molecule has 7 nitrogen and oxygen atoms in total. The van der Waals surface area contributed by atoms with Crippen molar-refractivity contribution >= 4 is 5.97 Å². The van der Waals surface area contributed by atoms with E-state index in [0.717, 1.165) is 44.9 Å². The Morgan fingerprint density at radius 1 is 0.833 bits per heavy atom. The van der Waals surface area contributed by atoms with Crippen LogP contribution >= 0.6 is 0 Å². The van der Waals surface area contributed by atoms with Gasteiger partial charge >= 0.3 is 5.97 Å². The maximum absolute atomic E-state index is 11.9. The van der Waals surface area contributed by atoms with Gasteiger partial charge in [-0.25, -0.2) is 0 Å². The van der Waals surface area contributed by atoms with E-state index in [4.69, 9.17) is 4.74 Å². The molecule has 0 bridgehead atoms. The lowest BCUT2D eigenvalue weighted by molar-refractivity contribution is -0.149. The molecule has 0 spiro atoms. The summed E-state index contributed by atoms with van der Waals surface area (Å²) >= 11 is 0. The summed E-state index contributed by atoms with van der Waals surface area (Å²) in [6, 6.07) is -0.637. The van der Waals surface area contributed by atoms with Crippen LogP contribution in [0, 0.1) is 0 Å². The van der Waals surface area contributed by atoms with E-state index in [1.54, 1.807) is 4.90 Å². The number of unbranched alkanes of at least 4 members (excludes halogenated alkanes) is 1. The third-order valence-corrected chi connectivity index (χ3v) is 5.98. The largest absolute Gasteiger partial charge is 0.466 e. The number of carbonyl (C=O) groups is 1. The van der Waals surface area contributed by atoms with Crippen molar-refractivity contribution in [2.45, 2.75) is 89.1 Å². The van der Waals surface area contributed by atoms with Crippen LogP contribution in [-0.2, 0) is 9.53 Å². The highest BCUT2D eigenvalue weighted by Gasteiger charge is 2.40. The molecule has 0 aromatic carbocycles. The number of allylic oxidation sites excluding steroid dienone is 10. The number of hydrogen-bond donors (Lipinski definition) is 4. The standard InChI is InChI=1S/C29H47NO6/c1-2-3-4-5-6-7-8-9-10-11-12-13-14-15-16-17-18-20-27(33)36-22-19-21-30-23-26(32)29(35)28(34)25(30)24-31/h3-4,6-7,9-10,12-13,15-16,25-26,28-29,31-32,34-35H,2,5,8,11,14,17-24H2,1H3/b4-3-,7-6-,10-9-,13-12-,16-15-/t25-,26+,28-,29-/m1/s1. The highest BCUT2D eigenvalue weighted by atomic mass is 16.5. The van der Waals surface area contributed by atoms with Crippen molar-refractivity contribution < 1.29 is 30.0 Å². The Hall–Kier alpha value is -2.03. The van der Waals surface area contributed by atoms with Crippen LogP contribution in [0.4, 0.5) is 0 Å². The zero-order valence-corrected chi connectivity index (χ0v) is 21.8. The molecule has 36 heavy (non-hydrogen) atoms. The summed E-state index contributed by atoms with van der Waals surface area (Å²) < 4.78 is 5.25. The first-order valence-corrected chi connectivity index (χ1v) is 13.3. The average Bonchev–Trinajstić information content (AvgIpc) is 2.87. The third-order valence-electron chi connectivity index (χ3n) is 5.98. The van der Waals surface area contributed by atoms with Crippen LogP contribution in [0.15, 0.2) is 60.8 Å². The number of aliphatic hydroxyl groups excluding tert-OH is 4.